The van der Waals surface area contributed by atoms with Gasteiger partial charge in [-0.15, -0.1) is 0 Å². The van der Waals surface area contributed by atoms with Gasteiger partial charge in [0.25, 0.3) is 6.29 Å². The Bertz CT molecular complexity index is 849. The Morgan fingerprint density at radius 3 is 2.64 bits per heavy atom. The van der Waals surface area contributed by atoms with Gasteiger partial charge in [0.15, 0.2) is 0 Å². The average Bonchev–Trinajstić information content (AvgIpc) is 3.30. The summed E-state index contributed by atoms with van der Waals surface area (Å²) in [6.45, 7) is 12.1. The number of aliphatic hydroxyl groups is 1. The first-order chi connectivity index (χ1) is 15.6. The molecule has 1 saturated carbocycles. The highest BCUT2D eigenvalue weighted by atomic mass is 16.7. The molecular weight excluding hydrogens is 420 g/mol. The lowest BCUT2D eigenvalue weighted by molar-refractivity contribution is -0.173. The summed E-state index contributed by atoms with van der Waals surface area (Å²) in [5.74, 6) is -0.610. The van der Waals surface area contributed by atoms with Gasteiger partial charge in [0.05, 0.1) is 6.10 Å². The van der Waals surface area contributed by atoms with E-state index in [0.717, 1.165) is 31.6 Å². The van der Waals surface area contributed by atoms with E-state index in [2.05, 4.69) is 33.4 Å². The molecule has 0 radical (unpaired) electrons. The molecule has 0 saturated heterocycles. The molecule has 1 fully saturated rings. The van der Waals surface area contributed by atoms with Crippen LogP contribution in [-0.4, -0.2) is 35.7 Å². The molecule has 0 aromatic rings. The largest absolute Gasteiger partial charge is 0.421 e. The van der Waals surface area contributed by atoms with Crippen LogP contribution in [0, 0.1) is 11.3 Å². The minimum absolute atomic E-state index is 0.121. The third kappa shape index (κ3) is 7.26. The highest BCUT2D eigenvalue weighted by molar-refractivity contribution is 5.86. The predicted octanol–water partition coefficient (Wildman–Crippen LogP) is 5.12. The fourth-order valence-corrected chi connectivity index (χ4v) is 4.99. The summed E-state index contributed by atoms with van der Waals surface area (Å²) < 4.78 is 9.79. The Morgan fingerprint density at radius 1 is 1.33 bits per heavy atom. The van der Waals surface area contributed by atoms with Crippen molar-refractivity contribution in [2.75, 3.05) is 0 Å². The number of esters is 2. The van der Waals surface area contributed by atoms with Crippen LogP contribution in [0.1, 0.15) is 79.1 Å². The van der Waals surface area contributed by atoms with Crippen molar-refractivity contribution in [1.82, 2.24) is 0 Å². The van der Waals surface area contributed by atoms with Crippen molar-refractivity contribution in [3.63, 3.8) is 0 Å². The van der Waals surface area contributed by atoms with Gasteiger partial charge in [-0.2, -0.15) is 0 Å². The number of ether oxygens (including phenoxy) is 2. The lowest BCUT2D eigenvalue weighted by Gasteiger charge is -2.35. The van der Waals surface area contributed by atoms with E-state index in [1.165, 1.54) is 37.3 Å². The molecule has 2 aliphatic rings. The van der Waals surface area contributed by atoms with Crippen LogP contribution < -0.4 is 0 Å². The minimum Gasteiger partial charge on any atom is -0.421 e. The maximum Gasteiger partial charge on any atom is 0.334 e. The molecule has 6 heteroatoms. The van der Waals surface area contributed by atoms with Crippen LogP contribution in [0.2, 0.25) is 0 Å². The maximum atomic E-state index is 11.5. The highest BCUT2D eigenvalue weighted by Gasteiger charge is 2.40. The molecule has 1 aliphatic carbocycles. The molecule has 4 atom stereocenters. The van der Waals surface area contributed by atoms with Gasteiger partial charge in [-0.05, 0) is 75.7 Å². The molecular formula is C27H38O6. The van der Waals surface area contributed by atoms with Crippen LogP contribution in [0.3, 0.4) is 0 Å². The summed E-state index contributed by atoms with van der Waals surface area (Å²) in [6, 6.07) is 0. The molecule has 0 spiro atoms. The third-order valence-corrected chi connectivity index (χ3v) is 7.14. The Balaban J connectivity index is 1.87. The van der Waals surface area contributed by atoms with Crippen molar-refractivity contribution in [3.05, 3.63) is 47.1 Å². The zero-order chi connectivity index (χ0) is 24.6. The summed E-state index contributed by atoms with van der Waals surface area (Å²) >= 11 is 0. The molecule has 0 aromatic carbocycles. The van der Waals surface area contributed by atoms with Gasteiger partial charge in [-0.1, -0.05) is 43.2 Å². The average molecular weight is 459 g/mol. The van der Waals surface area contributed by atoms with Crippen LogP contribution in [0.5, 0.6) is 0 Å². The van der Waals surface area contributed by atoms with Gasteiger partial charge in [-0.25, -0.2) is 4.79 Å². The number of hydrogen-bond acceptors (Lipinski definition) is 6. The predicted molar refractivity (Wildman–Crippen MR) is 127 cm³/mol. The van der Waals surface area contributed by atoms with E-state index >= 15 is 0 Å². The second-order valence-electron chi connectivity index (χ2n) is 9.49. The number of aldehydes is 1. The molecule has 2 rings (SSSR count). The molecule has 0 amide bonds. The van der Waals surface area contributed by atoms with E-state index < -0.39 is 24.3 Å². The summed E-state index contributed by atoms with van der Waals surface area (Å²) in [5, 5.41) is 10.4. The number of cyclic esters (lactones) is 1. The van der Waals surface area contributed by atoms with E-state index in [0.29, 0.717) is 17.9 Å². The summed E-state index contributed by atoms with van der Waals surface area (Å²) in [4.78, 5) is 34.1. The van der Waals surface area contributed by atoms with Crippen LogP contribution in [0.15, 0.2) is 47.1 Å². The molecule has 1 heterocycles. The summed E-state index contributed by atoms with van der Waals surface area (Å²) in [5.41, 5.74) is 3.63. The molecule has 4 unspecified atom stereocenters. The quantitative estimate of drug-likeness (QED) is 0.189. The maximum absolute atomic E-state index is 11.5. The second kappa shape index (κ2) is 12.1. The SMILES string of the molecule is C=C(C)C1(CCC(C)=CCCC(C=O)=CCC(O)C2=CC(=O)OC2OC(C)=O)CCCC1C. The topological polar surface area (TPSA) is 89.9 Å². The minimum atomic E-state index is -1.21. The van der Waals surface area contributed by atoms with E-state index in [1.54, 1.807) is 6.08 Å². The fraction of sp³-hybridized carbons (Fsp3) is 0.593. The van der Waals surface area contributed by atoms with Gasteiger partial charge >= 0.3 is 11.9 Å². The van der Waals surface area contributed by atoms with Gasteiger partial charge in [0.2, 0.25) is 0 Å². The molecule has 6 nitrogen and oxygen atoms in total. The monoisotopic (exact) mass is 458 g/mol. The van der Waals surface area contributed by atoms with Gasteiger partial charge in [-0.3, -0.25) is 9.59 Å². The van der Waals surface area contributed by atoms with Gasteiger partial charge < -0.3 is 14.6 Å². The van der Waals surface area contributed by atoms with Crippen LogP contribution >= 0.6 is 0 Å². The van der Waals surface area contributed by atoms with Crippen molar-refractivity contribution in [2.24, 2.45) is 11.3 Å². The van der Waals surface area contributed by atoms with Crippen molar-refractivity contribution in [2.45, 2.75) is 91.5 Å². The van der Waals surface area contributed by atoms with Crippen molar-refractivity contribution >= 4 is 18.2 Å². The molecule has 0 aromatic heterocycles. The Morgan fingerprint density at radius 2 is 2.06 bits per heavy atom. The summed E-state index contributed by atoms with van der Waals surface area (Å²) in [6.07, 6.45) is 10.8. The third-order valence-electron chi connectivity index (χ3n) is 7.14. The number of rotatable bonds is 12. The summed E-state index contributed by atoms with van der Waals surface area (Å²) in [7, 11) is 0. The van der Waals surface area contributed by atoms with Gasteiger partial charge in [0, 0.05) is 18.6 Å². The molecule has 33 heavy (non-hydrogen) atoms. The van der Waals surface area contributed by atoms with E-state index in [-0.39, 0.29) is 17.4 Å². The lowest BCUT2D eigenvalue weighted by Crippen LogP contribution is -2.25. The highest BCUT2D eigenvalue weighted by Crippen LogP contribution is 2.51. The number of hydrogen-bond donors (Lipinski definition) is 1. The second-order valence-corrected chi connectivity index (χ2v) is 9.49. The van der Waals surface area contributed by atoms with Crippen LogP contribution in [-0.2, 0) is 23.9 Å². The van der Waals surface area contributed by atoms with Crippen molar-refractivity contribution < 1.29 is 29.0 Å². The number of allylic oxidation sites excluding steroid dienone is 4. The number of carbonyl (C=O) groups is 3. The normalized spacial score (nSPS) is 26.6. The van der Waals surface area contributed by atoms with E-state index in [4.69, 9.17) is 9.47 Å². The molecule has 182 valence electrons. The first kappa shape index (κ1) is 26.8. The zero-order valence-corrected chi connectivity index (χ0v) is 20.4. The van der Waals surface area contributed by atoms with Crippen LogP contribution in [0.25, 0.3) is 0 Å². The molecule has 0 bridgehead atoms. The van der Waals surface area contributed by atoms with Gasteiger partial charge in [0.1, 0.15) is 6.29 Å². The number of carbonyl (C=O) groups excluding carboxylic acids is 3. The molecule has 1 aliphatic heterocycles. The smallest absolute Gasteiger partial charge is 0.334 e. The zero-order valence-electron chi connectivity index (χ0n) is 20.4. The standard InChI is InChI=1S/C27H38O6/c1-18(2)27(14-7-9-20(27)4)15-13-19(3)8-6-10-22(17-28)11-12-24(30)23-16-25(31)33-26(23)32-21(5)29/h8,11,16-17,20,24,26,30H,1,6-7,9-10,12-15H2,2-5H3. The number of aliphatic hydroxyl groups excluding tert-OH is 1. The van der Waals surface area contributed by atoms with E-state index in [1.807, 2.05) is 0 Å². The van der Waals surface area contributed by atoms with Crippen molar-refractivity contribution in [1.29, 1.82) is 0 Å². The first-order valence-corrected chi connectivity index (χ1v) is 11.8. The molecule has 1 N–H and O–H groups in total. The Hall–Kier alpha value is -2.47. The lowest BCUT2D eigenvalue weighted by atomic mass is 9.70. The van der Waals surface area contributed by atoms with Crippen LogP contribution in [0.4, 0.5) is 0 Å². The van der Waals surface area contributed by atoms with E-state index in [9.17, 15) is 19.5 Å². The Labute approximate surface area is 197 Å². The van der Waals surface area contributed by atoms with Crippen molar-refractivity contribution in [3.8, 4) is 0 Å². The first-order valence-electron chi connectivity index (χ1n) is 11.8. The fourth-order valence-electron chi connectivity index (χ4n) is 4.99. The Kier molecular flexibility index (Phi) is 9.84.